The molecule has 0 atom stereocenters. The van der Waals surface area contributed by atoms with E-state index in [1.807, 2.05) is 0 Å². The van der Waals surface area contributed by atoms with Crippen molar-refractivity contribution in [3.05, 3.63) is 67.1 Å². The van der Waals surface area contributed by atoms with Gasteiger partial charge in [-0.15, -0.1) is 0 Å². The predicted octanol–water partition coefficient (Wildman–Crippen LogP) is 4.70. The normalized spacial score (nSPS) is 10.3. The van der Waals surface area contributed by atoms with Crippen LogP contribution in [0.25, 0.3) is 0 Å². The molecule has 0 saturated carbocycles. The van der Waals surface area contributed by atoms with Crippen LogP contribution in [0, 0.1) is 10.1 Å². The lowest BCUT2D eigenvalue weighted by Crippen LogP contribution is -2.11. The van der Waals surface area contributed by atoms with Crippen LogP contribution in [0.5, 0.6) is 5.75 Å². The van der Waals surface area contributed by atoms with Crippen molar-refractivity contribution in [3.8, 4) is 5.75 Å². The standard InChI is InChI=1S/C14H8Cl3NO4/c15-9-6-11(16)14(12(17)7-9)22-13(19)5-8-1-3-10(4-2-8)18(20)21/h1-4,6-7H,5H2. The van der Waals surface area contributed by atoms with Gasteiger partial charge in [-0.1, -0.05) is 46.9 Å². The number of hydrogen-bond acceptors (Lipinski definition) is 4. The highest BCUT2D eigenvalue weighted by molar-refractivity contribution is 6.40. The molecule has 0 aliphatic heterocycles. The van der Waals surface area contributed by atoms with Gasteiger partial charge in [-0.25, -0.2) is 0 Å². The Hall–Kier alpha value is -1.82. The van der Waals surface area contributed by atoms with Gasteiger partial charge < -0.3 is 4.74 Å². The Labute approximate surface area is 140 Å². The van der Waals surface area contributed by atoms with Crippen molar-refractivity contribution in [1.29, 1.82) is 0 Å². The van der Waals surface area contributed by atoms with Gasteiger partial charge in [-0.05, 0) is 17.7 Å². The third kappa shape index (κ3) is 4.10. The summed E-state index contributed by atoms with van der Waals surface area (Å²) in [5.41, 5.74) is 0.512. The SMILES string of the molecule is O=C(Cc1ccc([N+](=O)[O-])cc1)Oc1c(Cl)cc(Cl)cc1Cl. The van der Waals surface area contributed by atoms with E-state index < -0.39 is 10.9 Å². The van der Waals surface area contributed by atoms with Gasteiger partial charge in [-0.3, -0.25) is 14.9 Å². The second kappa shape index (κ2) is 6.96. The van der Waals surface area contributed by atoms with Crippen molar-refractivity contribution < 1.29 is 14.5 Å². The first-order valence-electron chi connectivity index (χ1n) is 5.95. The lowest BCUT2D eigenvalue weighted by Gasteiger charge is -2.08. The number of non-ortho nitro benzene ring substituents is 1. The van der Waals surface area contributed by atoms with Gasteiger partial charge in [0.1, 0.15) is 0 Å². The number of carbonyl (C=O) groups excluding carboxylic acids is 1. The second-order valence-electron chi connectivity index (χ2n) is 4.27. The number of ether oxygens (including phenoxy) is 1. The largest absolute Gasteiger partial charge is 0.423 e. The van der Waals surface area contributed by atoms with Crippen LogP contribution in [0.4, 0.5) is 5.69 Å². The van der Waals surface area contributed by atoms with Crippen molar-refractivity contribution >= 4 is 46.5 Å². The van der Waals surface area contributed by atoms with Gasteiger partial charge in [0.25, 0.3) is 5.69 Å². The highest BCUT2D eigenvalue weighted by Gasteiger charge is 2.15. The van der Waals surface area contributed by atoms with E-state index >= 15 is 0 Å². The molecule has 0 bridgehead atoms. The van der Waals surface area contributed by atoms with Gasteiger partial charge in [0.2, 0.25) is 0 Å². The summed E-state index contributed by atoms with van der Waals surface area (Å²) in [5, 5.41) is 11.1. The van der Waals surface area contributed by atoms with Crippen molar-refractivity contribution in [3.63, 3.8) is 0 Å². The number of esters is 1. The van der Waals surface area contributed by atoms with Crippen LogP contribution in [-0.2, 0) is 11.2 Å². The minimum Gasteiger partial charge on any atom is -0.423 e. The number of benzene rings is 2. The molecule has 2 aromatic carbocycles. The molecule has 2 aromatic rings. The van der Waals surface area contributed by atoms with E-state index in [0.29, 0.717) is 10.6 Å². The summed E-state index contributed by atoms with van der Waals surface area (Å²) in [7, 11) is 0. The zero-order chi connectivity index (χ0) is 16.3. The molecule has 0 aliphatic rings. The molecule has 8 heteroatoms. The summed E-state index contributed by atoms with van der Waals surface area (Å²) < 4.78 is 5.12. The van der Waals surface area contributed by atoms with Crippen LogP contribution < -0.4 is 4.74 Å². The Morgan fingerprint density at radius 2 is 1.64 bits per heavy atom. The number of carbonyl (C=O) groups is 1. The van der Waals surface area contributed by atoms with Crippen LogP contribution in [-0.4, -0.2) is 10.9 Å². The Bertz CT molecular complexity index is 708. The molecule has 114 valence electrons. The van der Waals surface area contributed by atoms with E-state index in [2.05, 4.69) is 0 Å². The molecule has 5 nitrogen and oxygen atoms in total. The summed E-state index contributed by atoms with van der Waals surface area (Å²) in [5.74, 6) is -0.570. The number of rotatable bonds is 4. The third-order valence-electron chi connectivity index (χ3n) is 2.67. The zero-order valence-electron chi connectivity index (χ0n) is 10.9. The fourth-order valence-corrected chi connectivity index (χ4v) is 2.57. The molecule has 0 saturated heterocycles. The number of nitro benzene ring substituents is 1. The van der Waals surface area contributed by atoms with Crippen molar-refractivity contribution in [1.82, 2.24) is 0 Å². The molecule has 2 rings (SSSR count). The van der Waals surface area contributed by atoms with E-state index in [1.165, 1.54) is 36.4 Å². The van der Waals surface area contributed by atoms with Crippen LogP contribution >= 0.6 is 34.8 Å². The Balaban J connectivity index is 2.09. The summed E-state index contributed by atoms with van der Waals surface area (Å²) in [6.45, 7) is 0. The van der Waals surface area contributed by atoms with E-state index in [9.17, 15) is 14.9 Å². The Morgan fingerprint density at radius 1 is 1.09 bits per heavy atom. The van der Waals surface area contributed by atoms with Crippen molar-refractivity contribution in [2.45, 2.75) is 6.42 Å². The monoisotopic (exact) mass is 359 g/mol. The van der Waals surface area contributed by atoms with Gasteiger partial charge in [0.05, 0.1) is 21.4 Å². The molecule has 22 heavy (non-hydrogen) atoms. The first-order chi connectivity index (χ1) is 10.4. The number of halogens is 3. The quantitative estimate of drug-likeness (QED) is 0.343. The molecule has 0 heterocycles. The van der Waals surface area contributed by atoms with Gasteiger partial charge in [-0.2, -0.15) is 0 Å². The van der Waals surface area contributed by atoms with Crippen LogP contribution in [0.1, 0.15) is 5.56 Å². The molecular weight excluding hydrogens is 353 g/mol. The summed E-state index contributed by atoms with van der Waals surface area (Å²) in [6, 6.07) is 8.39. The summed E-state index contributed by atoms with van der Waals surface area (Å²) in [4.78, 5) is 21.9. The van der Waals surface area contributed by atoms with Crippen molar-refractivity contribution in [2.75, 3.05) is 0 Å². The van der Waals surface area contributed by atoms with Gasteiger partial charge in [0, 0.05) is 17.2 Å². The van der Waals surface area contributed by atoms with Crippen LogP contribution in [0.15, 0.2) is 36.4 Å². The Kier molecular flexibility index (Phi) is 5.24. The lowest BCUT2D eigenvalue weighted by molar-refractivity contribution is -0.384. The molecule has 0 aromatic heterocycles. The second-order valence-corrected chi connectivity index (χ2v) is 5.52. The number of nitro groups is 1. The molecular formula is C14H8Cl3NO4. The lowest BCUT2D eigenvalue weighted by atomic mass is 10.1. The highest BCUT2D eigenvalue weighted by atomic mass is 35.5. The maximum atomic E-state index is 11.9. The molecule has 0 amide bonds. The maximum Gasteiger partial charge on any atom is 0.315 e. The molecule has 0 aliphatic carbocycles. The molecule has 0 N–H and O–H groups in total. The maximum absolute atomic E-state index is 11.9. The smallest absolute Gasteiger partial charge is 0.315 e. The number of hydrogen-bond donors (Lipinski definition) is 0. The van der Waals surface area contributed by atoms with Crippen LogP contribution in [0.2, 0.25) is 15.1 Å². The predicted molar refractivity (Wildman–Crippen MR) is 83.9 cm³/mol. The first-order valence-corrected chi connectivity index (χ1v) is 7.09. The summed E-state index contributed by atoms with van der Waals surface area (Å²) in [6.07, 6.45) is -0.0761. The minimum atomic E-state index is -0.597. The molecule has 0 spiro atoms. The Morgan fingerprint density at radius 3 is 2.14 bits per heavy atom. The third-order valence-corrected chi connectivity index (χ3v) is 3.45. The fraction of sp³-hybridized carbons (Fsp3) is 0.0714. The average molecular weight is 361 g/mol. The zero-order valence-corrected chi connectivity index (χ0v) is 13.2. The van der Waals surface area contributed by atoms with E-state index in [4.69, 9.17) is 39.5 Å². The van der Waals surface area contributed by atoms with E-state index in [0.717, 1.165) is 0 Å². The topological polar surface area (TPSA) is 69.4 Å². The van der Waals surface area contributed by atoms with Gasteiger partial charge >= 0.3 is 5.97 Å². The molecule has 0 radical (unpaired) electrons. The molecule has 0 fully saturated rings. The average Bonchev–Trinajstić information content (AvgIpc) is 2.43. The first kappa shape index (κ1) is 16.5. The number of nitrogens with zero attached hydrogens (tertiary/aromatic N) is 1. The minimum absolute atomic E-state index is 0.0274. The van der Waals surface area contributed by atoms with Gasteiger partial charge in [0.15, 0.2) is 5.75 Å². The fourth-order valence-electron chi connectivity index (χ4n) is 1.68. The van der Waals surface area contributed by atoms with Crippen LogP contribution in [0.3, 0.4) is 0 Å². The van der Waals surface area contributed by atoms with E-state index in [-0.39, 0.29) is 27.9 Å². The van der Waals surface area contributed by atoms with Crippen molar-refractivity contribution in [2.24, 2.45) is 0 Å². The summed E-state index contributed by atoms with van der Waals surface area (Å²) >= 11 is 17.6. The highest BCUT2D eigenvalue weighted by Crippen LogP contribution is 2.36. The molecule has 0 unspecified atom stereocenters. The van der Waals surface area contributed by atoms with E-state index in [1.54, 1.807) is 0 Å².